The number of thiophene rings is 1. The number of nitrogens with zero attached hydrogens (tertiary/aromatic N) is 3. The molecule has 1 saturated heterocycles. The maximum Gasteiger partial charge on any atom is 0.191 e. The number of aliphatic imine (C=N–C) groups is 1. The van der Waals surface area contributed by atoms with Crippen molar-refractivity contribution in [2.45, 2.75) is 39.3 Å². The van der Waals surface area contributed by atoms with Crippen molar-refractivity contribution in [2.24, 2.45) is 4.99 Å². The lowest BCUT2D eigenvalue weighted by Crippen LogP contribution is -2.48. The first kappa shape index (κ1) is 24.7. The number of rotatable bonds is 7. The summed E-state index contributed by atoms with van der Waals surface area (Å²) in [5, 5.41) is 10.3. The van der Waals surface area contributed by atoms with Crippen LogP contribution >= 0.6 is 35.3 Å². The number of hydrogen-bond acceptors (Lipinski definition) is 4. The van der Waals surface area contributed by atoms with Crippen molar-refractivity contribution in [3.05, 3.63) is 47.1 Å². The minimum absolute atomic E-state index is 0. The summed E-state index contributed by atoms with van der Waals surface area (Å²) in [4.78, 5) is 8.81. The molecule has 1 aliphatic rings. The quantitative estimate of drug-likeness (QED) is 0.301. The molecule has 2 N–H and O–H groups in total. The molecule has 0 atom stereocenters. The number of guanidine groups is 1. The molecule has 0 radical (unpaired) electrons. The first-order valence-corrected chi connectivity index (χ1v) is 11.3. The van der Waals surface area contributed by atoms with Crippen LogP contribution in [0, 0.1) is 5.82 Å². The summed E-state index contributed by atoms with van der Waals surface area (Å²) in [6, 6.07) is 10.2. The van der Waals surface area contributed by atoms with Crippen molar-refractivity contribution < 1.29 is 4.39 Å². The Morgan fingerprint density at radius 1 is 1.23 bits per heavy atom. The van der Waals surface area contributed by atoms with Crippen molar-refractivity contribution >= 4 is 52.0 Å². The lowest BCUT2D eigenvalue weighted by Gasteiger charge is -2.33. The zero-order valence-corrected chi connectivity index (χ0v) is 21.2. The first-order valence-electron chi connectivity index (χ1n) is 10.4. The second-order valence-electron chi connectivity index (χ2n) is 7.24. The Balaban J connectivity index is 0.00000320. The van der Waals surface area contributed by atoms with E-state index in [4.69, 9.17) is 0 Å². The minimum Gasteiger partial charge on any atom is -0.370 e. The molecule has 2 heterocycles. The molecule has 1 aromatic carbocycles. The van der Waals surface area contributed by atoms with Gasteiger partial charge < -0.3 is 20.4 Å². The van der Waals surface area contributed by atoms with Crippen LogP contribution in [0.4, 0.5) is 15.1 Å². The van der Waals surface area contributed by atoms with Crippen molar-refractivity contribution in [1.29, 1.82) is 0 Å². The molecule has 0 bridgehead atoms. The van der Waals surface area contributed by atoms with Gasteiger partial charge in [-0.2, -0.15) is 0 Å². The van der Waals surface area contributed by atoms with Gasteiger partial charge in [0.2, 0.25) is 0 Å². The van der Waals surface area contributed by atoms with Crippen molar-refractivity contribution in [3.8, 4) is 0 Å². The number of anilines is 2. The van der Waals surface area contributed by atoms with E-state index in [2.05, 4.69) is 38.0 Å². The fourth-order valence-electron chi connectivity index (χ4n) is 3.75. The number of halogens is 2. The zero-order valence-electron chi connectivity index (χ0n) is 18.0. The number of piperidine rings is 1. The smallest absolute Gasteiger partial charge is 0.191 e. The Kier molecular flexibility index (Phi) is 10.2. The van der Waals surface area contributed by atoms with Gasteiger partial charge in [0.15, 0.2) is 5.96 Å². The van der Waals surface area contributed by atoms with Crippen molar-refractivity contribution in [2.75, 3.05) is 43.0 Å². The molecule has 166 valence electrons. The third-order valence-electron chi connectivity index (χ3n) is 5.45. The largest absolute Gasteiger partial charge is 0.370 e. The molecule has 0 aliphatic carbocycles. The third-order valence-corrected chi connectivity index (χ3v) is 6.38. The maximum atomic E-state index is 14.5. The molecule has 0 unspecified atom stereocenters. The van der Waals surface area contributed by atoms with Crippen LogP contribution in [0.5, 0.6) is 0 Å². The van der Waals surface area contributed by atoms with Crippen LogP contribution in [-0.4, -0.2) is 45.2 Å². The highest BCUT2D eigenvalue weighted by atomic mass is 127. The van der Waals surface area contributed by atoms with Gasteiger partial charge in [0.25, 0.3) is 0 Å². The zero-order chi connectivity index (χ0) is 20.6. The van der Waals surface area contributed by atoms with Crippen LogP contribution in [0.3, 0.4) is 0 Å². The predicted molar refractivity (Wildman–Crippen MR) is 138 cm³/mol. The average Bonchev–Trinajstić information content (AvgIpc) is 3.28. The molecule has 2 aromatic rings. The summed E-state index contributed by atoms with van der Waals surface area (Å²) in [5.74, 6) is 0.602. The number of nitrogens with one attached hydrogen (secondary N) is 2. The van der Waals surface area contributed by atoms with E-state index in [1.54, 1.807) is 24.5 Å². The molecular weight excluding hydrogens is 512 g/mol. The normalized spacial score (nSPS) is 14.9. The van der Waals surface area contributed by atoms with Crippen molar-refractivity contribution in [3.63, 3.8) is 0 Å². The van der Waals surface area contributed by atoms with E-state index in [1.807, 2.05) is 30.9 Å². The van der Waals surface area contributed by atoms with Crippen LogP contribution in [0.2, 0.25) is 0 Å². The summed E-state index contributed by atoms with van der Waals surface area (Å²) < 4.78 is 14.5. The summed E-state index contributed by atoms with van der Waals surface area (Å²) >= 11 is 1.80. The summed E-state index contributed by atoms with van der Waals surface area (Å²) in [6.45, 7) is 8.32. The van der Waals surface area contributed by atoms with E-state index < -0.39 is 0 Å². The topological polar surface area (TPSA) is 42.9 Å². The van der Waals surface area contributed by atoms with Gasteiger partial charge in [0.1, 0.15) is 5.82 Å². The van der Waals surface area contributed by atoms with E-state index in [-0.39, 0.29) is 29.8 Å². The Labute approximate surface area is 200 Å². The Morgan fingerprint density at radius 3 is 2.53 bits per heavy atom. The molecule has 3 rings (SSSR count). The van der Waals surface area contributed by atoms with E-state index in [0.717, 1.165) is 50.5 Å². The maximum absolute atomic E-state index is 14.5. The molecule has 0 amide bonds. The van der Waals surface area contributed by atoms with Gasteiger partial charge in [-0.1, -0.05) is 6.07 Å². The second-order valence-corrected chi connectivity index (χ2v) is 8.17. The van der Waals surface area contributed by atoms with E-state index in [9.17, 15) is 4.39 Å². The molecule has 1 fully saturated rings. The molecule has 0 saturated carbocycles. The lowest BCUT2D eigenvalue weighted by atomic mass is 10.1. The van der Waals surface area contributed by atoms with E-state index in [1.165, 1.54) is 5.00 Å². The summed E-state index contributed by atoms with van der Waals surface area (Å²) in [5.41, 5.74) is 1.58. The SMILES string of the molecule is CCN(CC)c1ccc(CNC(=NC)NC2CCN(c3cccs3)CC2)cc1F.I. The predicted octanol–water partition coefficient (Wildman–Crippen LogP) is 4.69. The van der Waals surface area contributed by atoms with Gasteiger partial charge in [-0.3, -0.25) is 4.99 Å². The molecule has 0 spiro atoms. The number of hydrogen-bond donors (Lipinski definition) is 2. The van der Waals surface area contributed by atoms with Crippen molar-refractivity contribution in [1.82, 2.24) is 10.6 Å². The van der Waals surface area contributed by atoms with Gasteiger partial charge >= 0.3 is 0 Å². The van der Waals surface area contributed by atoms with Gasteiger partial charge in [-0.25, -0.2) is 4.39 Å². The lowest BCUT2D eigenvalue weighted by molar-refractivity contribution is 0.462. The average molecular weight is 546 g/mol. The molecule has 1 aliphatic heterocycles. The Bertz CT molecular complexity index is 787. The van der Waals surface area contributed by atoms with Crippen LogP contribution in [0.25, 0.3) is 0 Å². The van der Waals surface area contributed by atoms with E-state index >= 15 is 0 Å². The van der Waals surface area contributed by atoms with Gasteiger partial charge in [0, 0.05) is 45.8 Å². The molecular formula is C22H33FIN5S. The second kappa shape index (κ2) is 12.3. The molecule has 1 aromatic heterocycles. The third kappa shape index (κ3) is 6.47. The van der Waals surface area contributed by atoms with Gasteiger partial charge in [-0.15, -0.1) is 35.3 Å². The minimum atomic E-state index is -0.170. The summed E-state index contributed by atoms with van der Waals surface area (Å²) in [6.07, 6.45) is 2.15. The standard InChI is InChI=1S/C22H32FN5S.HI/c1-4-27(5-2)20-9-8-17(15-19(20)23)16-25-22(24-3)26-18-10-12-28(13-11-18)21-7-6-14-29-21;/h6-9,14-15,18H,4-5,10-13,16H2,1-3H3,(H2,24,25,26);1H. The van der Waals surface area contributed by atoms with Gasteiger partial charge in [-0.05, 0) is 61.9 Å². The summed E-state index contributed by atoms with van der Waals surface area (Å²) in [7, 11) is 1.78. The monoisotopic (exact) mass is 545 g/mol. The van der Waals surface area contributed by atoms with Crippen LogP contribution in [0.1, 0.15) is 32.3 Å². The Hall–Kier alpha value is -1.55. The fraction of sp³-hybridized carbons (Fsp3) is 0.500. The molecule has 5 nitrogen and oxygen atoms in total. The molecule has 30 heavy (non-hydrogen) atoms. The highest BCUT2D eigenvalue weighted by Crippen LogP contribution is 2.25. The fourth-order valence-corrected chi connectivity index (χ4v) is 4.53. The van der Waals surface area contributed by atoms with Gasteiger partial charge in [0.05, 0.1) is 10.7 Å². The number of benzene rings is 1. The first-order chi connectivity index (χ1) is 14.1. The van der Waals surface area contributed by atoms with Crippen LogP contribution in [0.15, 0.2) is 40.7 Å². The highest BCUT2D eigenvalue weighted by Gasteiger charge is 2.20. The molecule has 8 heteroatoms. The van der Waals surface area contributed by atoms with Crippen LogP contribution in [-0.2, 0) is 6.54 Å². The highest BCUT2D eigenvalue weighted by molar-refractivity contribution is 14.0. The Morgan fingerprint density at radius 2 is 1.97 bits per heavy atom. The van der Waals surface area contributed by atoms with Crippen LogP contribution < -0.4 is 20.4 Å². The van der Waals surface area contributed by atoms with E-state index in [0.29, 0.717) is 18.3 Å².